The van der Waals surface area contributed by atoms with Gasteiger partial charge >= 0.3 is 0 Å². The number of hydrogen-bond acceptors (Lipinski definition) is 2. The number of nitrogens with zero attached hydrogens (tertiary/aromatic N) is 2. The van der Waals surface area contributed by atoms with Gasteiger partial charge in [-0.25, -0.2) is 4.68 Å². The van der Waals surface area contributed by atoms with Crippen molar-refractivity contribution in [2.45, 2.75) is 33.6 Å². The summed E-state index contributed by atoms with van der Waals surface area (Å²) < 4.78 is 1.98. The topological polar surface area (TPSA) is 29.9 Å². The number of hydrogen-bond donors (Lipinski definition) is 1. The van der Waals surface area contributed by atoms with Crippen LogP contribution in [0.25, 0.3) is 5.69 Å². The summed E-state index contributed by atoms with van der Waals surface area (Å²) in [5.41, 5.74) is 3.67. The highest BCUT2D eigenvalue weighted by molar-refractivity contribution is 5.49. The molecule has 3 nitrogen and oxygen atoms in total. The summed E-state index contributed by atoms with van der Waals surface area (Å²) in [6, 6.07) is 8.46. The van der Waals surface area contributed by atoms with Crippen molar-refractivity contribution < 1.29 is 0 Å². The van der Waals surface area contributed by atoms with Gasteiger partial charge in [0, 0.05) is 12.6 Å². The van der Waals surface area contributed by atoms with Crippen molar-refractivity contribution in [3.05, 3.63) is 41.6 Å². The van der Waals surface area contributed by atoms with Crippen molar-refractivity contribution in [1.82, 2.24) is 9.78 Å². The van der Waals surface area contributed by atoms with E-state index in [4.69, 9.17) is 0 Å². The lowest BCUT2D eigenvalue weighted by Crippen LogP contribution is -2.08. The van der Waals surface area contributed by atoms with Crippen LogP contribution in [0.15, 0.2) is 30.5 Å². The van der Waals surface area contributed by atoms with Crippen molar-refractivity contribution in [3.63, 3.8) is 0 Å². The molecule has 2 rings (SSSR count). The molecule has 0 saturated carbocycles. The van der Waals surface area contributed by atoms with Crippen LogP contribution >= 0.6 is 0 Å². The largest absolute Gasteiger partial charge is 0.370 e. The number of unbranched alkanes of at least 4 members (excludes halogenated alkanes) is 1. The molecule has 0 spiro atoms. The summed E-state index contributed by atoms with van der Waals surface area (Å²) in [7, 11) is 0. The fraction of sp³-hybridized carbons (Fsp3) is 0.400. The van der Waals surface area contributed by atoms with Gasteiger partial charge in [0.2, 0.25) is 0 Å². The van der Waals surface area contributed by atoms with Crippen molar-refractivity contribution in [2.75, 3.05) is 11.9 Å². The normalized spacial score (nSPS) is 10.6. The van der Waals surface area contributed by atoms with E-state index in [-0.39, 0.29) is 0 Å². The van der Waals surface area contributed by atoms with E-state index in [2.05, 4.69) is 49.4 Å². The Kier molecular flexibility index (Phi) is 4.03. The van der Waals surface area contributed by atoms with E-state index in [1.807, 2.05) is 16.9 Å². The first kappa shape index (κ1) is 12.7. The summed E-state index contributed by atoms with van der Waals surface area (Å²) >= 11 is 0. The van der Waals surface area contributed by atoms with Crippen LogP contribution in [0.2, 0.25) is 0 Å². The maximum atomic E-state index is 4.41. The molecule has 0 atom stereocenters. The number of benzene rings is 1. The fourth-order valence-electron chi connectivity index (χ4n) is 2.07. The predicted octanol–water partition coefficient (Wildman–Crippen LogP) is 3.70. The molecule has 18 heavy (non-hydrogen) atoms. The molecule has 0 aliphatic carbocycles. The Bertz CT molecular complexity index is 514. The number of nitrogens with one attached hydrogen (secondary N) is 1. The van der Waals surface area contributed by atoms with Crippen LogP contribution in [0.1, 0.15) is 30.9 Å². The fourth-order valence-corrected chi connectivity index (χ4v) is 2.07. The van der Waals surface area contributed by atoms with Gasteiger partial charge in [0.1, 0.15) is 5.82 Å². The molecule has 0 amide bonds. The second kappa shape index (κ2) is 5.71. The zero-order chi connectivity index (χ0) is 13.0. The number of anilines is 1. The van der Waals surface area contributed by atoms with Crippen molar-refractivity contribution in [2.24, 2.45) is 0 Å². The Morgan fingerprint density at radius 2 is 2.06 bits per heavy atom. The molecule has 0 aliphatic rings. The predicted molar refractivity (Wildman–Crippen MR) is 76.4 cm³/mol. The van der Waals surface area contributed by atoms with Crippen LogP contribution in [0, 0.1) is 13.8 Å². The van der Waals surface area contributed by atoms with Gasteiger partial charge < -0.3 is 5.32 Å². The monoisotopic (exact) mass is 243 g/mol. The maximum Gasteiger partial charge on any atom is 0.129 e. The molecule has 0 radical (unpaired) electrons. The van der Waals surface area contributed by atoms with Gasteiger partial charge in [-0.1, -0.05) is 31.0 Å². The van der Waals surface area contributed by atoms with E-state index in [1.54, 1.807) is 0 Å². The Hall–Kier alpha value is -1.77. The third kappa shape index (κ3) is 2.73. The molecule has 1 aromatic carbocycles. The first-order valence-electron chi connectivity index (χ1n) is 6.58. The van der Waals surface area contributed by atoms with E-state index >= 15 is 0 Å². The highest BCUT2D eigenvalue weighted by atomic mass is 15.3. The highest BCUT2D eigenvalue weighted by Crippen LogP contribution is 2.19. The lowest BCUT2D eigenvalue weighted by atomic mass is 10.1. The molecule has 1 N–H and O–H groups in total. The Morgan fingerprint density at radius 3 is 2.78 bits per heavy atom. The summed E-state index contributed by atoms with van der Waals surface area (Å²) in [6.07, 6.45) is 4.22. The van der Waals surface area contributed by atoms with Gasteiger partial charge in [-0.15, -0.1) is 0 Å². The lowest BCUT2D eigenvalue weighted by Gasteiger charge is -2.12. The molecular formula is C15H21N3. The summed E-state index contributed by atoms with van der Waals surface area (Å²) in [4.78, 5) is 0. The summed E-state index contributed by atoms with van der Waals surface area (Å²) in [5.74, 6) is 1.07. The van der Waals surface area contributed by atoms with Crippen molar-refractivity contribution in [1.29, 1.82) is 0 Å². The quantitative estimate of drug-likeness (QED) is 0.811. The molecule has 0 saturated heterocycles. The van der Waals surface area contributed by atoms with Crippen LogP contribution < -0.4 is 5.32 Å². The van der Waals surface area contributed by atoms with E-state index < -0.39 is 0 Å². The van der Waals surface area contributed by atoms with Crippen LogP contribution in [0.3, 0.4) is 0 Å². The minimum absolute atomic E-state index is 0.993. The van der Waals surface area contributed by atoms with E-state index in [0.717, 1.165) is 18.1 Å². The standard InChI is InChI=1S/C15H21N3/c1-4-5-9-16-15-8-10-17-18(15)14-7-6-12(2)11-13(14)3/h6-8,10-11,16H,4-5,9H2,1-3H3. The number of rotatable bonds is 5. The molecule has 0 aliphatic heterocycles. The van der Waals surface area contributed by atoms with Gasteiger partial charge in [0.15, 0.2) is 0 Å². The minimum atomic E-state index is 0.993. The molecule has 0 unspecified atom stereocenters. The first-order chi connectivity index (χ1) is 8.72. The van der Waals surface area contributed by atoms with Gasteiger partial charge in [0.05, 0.1) is 11.9 Å². The average Bonchev–Trinajstić information content (AvgIpc) is 2.78. The first-order valence-corrected chi connectivity index (χ1v) is 6.58. The smallest absolute Gasteiger partial charge is 0.129 e. The van der Waals surface area contributed by atoms with E-state index in [0.29, 0.717) is 0 Å². The van der Waals surface area contributed by atoms with Gasteiger partial charge in [-0.2, -0.15) is 5.10 Å². The minimum Gasteiger partial charge on any atom is -0.370 e. The van der Waals surface area contributed by atoms with E-state index in [9.17, 15) is 0 Å². The van der Waals surface area contributed by atoms with Gasteiger partial charge in [-0.3, -0.25) is 0 Å². The Balaban J connectivity index is 2.25. The zero-order valence-electron chi connectivity index (χ0n) is 11.4. The van der Waals surface area contributed by atoms with Crippen LogP contribution in [-0.2, 0) is 0 Å². The summed E-state index contributed by atoms with van der Waals surface area (Å²) in [5, 5.41) is 7.84. The van der Waals surface area contributed by atoms with Gasteiger partial charge in [-0.05, 0) is 31.9 Å². The van der Waals surface area contributed by atoms with Crippen LogP contribution in [0.4, 0.5) is 5.82 Å². The lowest BCUT2D eigenvalue weighted by molar-refractivity contribution is 0.811. The van der Waals surface area contributed by atoms with E-state index in [1.165, 1.54) is 24.0 Å². The second-order valence-electron chi connectivity index (χ2n) is 4.70. The van der Waals surface area contributed by atoms with Crippen molar-refractivity contribution in [3.8, 4) is 5.69 Å². The highest BCUT2D eigenvalue weighted by Gasteiger charge is 2.06. The second-order valence-corrected chi connectivity index (χ2v) is 4.70. The molecule has 0 bridgehead atoms. The number of aryl methyl sites for hydroxylation is 2. The number of aromatic nitrogens is 2. The molecular weight excluding hydrogens is 222 g/mol. The maximum absolute atomic E-state index is 4.41. The van der Waals surface area contributed by atoms with Gasteiger partial charge in [0.25, 0.3) is 0 Å². The molecule has 96 valence electrons. The van der Waals surface area contributed by atoms with Crippen LogP contribution in [-0.4, -0.2) is 16.3 Å². The molecule has 0 fully saturated rings. The van der Waals surface area contributed by atoms with Crippen LogP contribution in [0.5, 0.6) is 0 Å². The molecule has 2 aromatic rings. The Morgan fingerprint density at radius 1 is 1.22 bits per heavy atom. The third-order valence-corrected chi connectivity index (χ3v) is 3.06. The molecule has 1 heterocycles. The van der Waals surface area contributed by atoms with Crippen molar-refractivity contribution >= 4 is 5.82 Å². The SMILES string of the molecule is CCCCNc1ccnn1-c1ccc(C)cc1C. The molecule has 3 heteroatoms. The Labute approximate surface area is 109 Å². The average molecular weight is 243 g/mol. The molecule has 1 aromatic heterocycles. The summed E-state index contributed by atoms with van der Waals surface area (Å²) in [6.45, 7) is 7.43. The zero-order valence-corrected chi connectivity index (χ0v) is 11.4. The third-order valence-electron chi connectivity index (χ3n) is 3.06.